The molecule has 7 heteroatoms. The Morgan fingerprint density at radius 1 is 1.25 bits per heavy atom. The molecule has 0 saturated carbocycles. The van der Waals surface area contributed by atoms with Gasteiger partial charge in [0.25, 0.3) is 11.7 Å². The van der Waals surface area contributed by atoms with Crippen LogP contribution >= 0.6 is 0 Å². The number of methoxy groups -OCH3 is 1. The average molecular weight is 381 g/mol. The molecule has 7 nitrogen and oxygen atoms in total. The van der Waals surface area contributed by atoms with Gasteiger partial charge in [0, 0.05) is 31.0 Å². The normalized spacial score (nSPS) is 18.7. The SMILES string of the molecule is COc1cccc(/C(O)=C2\C(=O)C(=O)N(CCN(C)C)[C@H]2c2cccnc2)c1. The highest BCUT2D eigenvalue weighted by atomic mass is 16.5. The van der Waals surface area contributed by atoms with E-state index in [-0.39, 0.29) is 11.3 Å². The number of likely N-dealkylation sites (tertiary alicyclic amines) is 1. The molecule has 1 aromatic heterocycles. The highest BCUT2D eigenvalue weighted by Crippen LogP contribution is 2.39. The molecule has 2 aromatic rings. The number of nitrogens with zero attached hydrogens (tertiary/aromatic N) is 3. The molecule has 0 spiro atoms. The summed E-state index contributed by atoms with van der Waals surface area (Å²) in [6.45, 7) is 0.939. The van der Waals surface area contributed by atoms with Crippen molar-refractivity contribution in [1.29, 1.82) is 0 Å². The Labute approximate surface area is 163 Å². The summed E-state index contributed by atoms with van der Waals surface area (Å²) in [6.07, 6.45) is 3.23. The van der Waals surface area contributed by atoms with E-state index in [1.165, 1.54) is 12.0 Å². The third kappa shape index (κ3) is 3.75. The molecule has 1 atom stereocenters. The number of hydrogen-bond acceptors (Lipinski definition) is 6. The highest BCUT2D eigenvalue weighted by Gasteiger charge is 2.46. The molecule has 2 heterocycles. The van der Waals surface area contributed by atoms with Crippen molar-refractivity contribution in [3.8, 4) is 5.75 Å². The summed E-state index contributed by atoms with van der Waals surface area (Å²) in [4.78, 5) is 33.1. The van der Waals surface area contributed by atoms with Gasteiger partial charge in [0.05, 0.1) is 18.7 Å². The zero-order valence-electron chi connectivity index (χ0n) is 16.1. The number of carbonyl (C=O) groups excluding carboxylic acids is 2. The molecule has 0 bridgehead atoms. The van der Waals surface area contributed by atoms with E-state index >= 15 is 0 Å². The number of aliphatic hydroxyl groups is 1. The lowest BCUT2D eigenvalue weighted by atomic mass is 9.96. The van der Waals surface area contributed by atoms with Gasteiger partial charge in [0.1, 0.15) is 11.5 Å². The van der Waals surface area contributed by atoms with Crippen molar-refractivity contribution in [3.05, 3.63) is 65.5 Å². The van der Waals surface area contributed by atoms with Gasteiger partial charge in [0.2, 0.25) is 0 Å². The van der Waals surface area contributed by atoms with Gasteiger partial charge in [0.15, 0.2) is 0 Å². The molecule has 1 fully saturated rings. The molecular weight excluding hydrogens is 358 g/mol. The smallest absolute Gasteiger partial charge is 0.295 e. The second-order valence-corrected chi connectivity index (χ2v) is 6.81. The minimum absolute atomic E-state index is 0.0602. The van der Waals surface area contributed by atoms with Gasteiger partial charge in [-0.25, -0.2) is 0 Å². The Bertz CT molecular complexity index is 909. The third-order valence-electron chi connectivity index (χ3n) is 4.67. The lowest BCUT2D eigenvalue weighted by molar-refractivity contribution is -0.140. The van der Waals surface area contributed by atoms with E-state index < -0.39 is 17.7 Å². The quantitative estimate of drug-likeness (QED) is 0.469. The molecular formula is C21H23N3O4. The topological polar surface area (TPSA) is 83.0 Å². The monoisotopic (exact) mass is 381 g/mol. The van der Waals surface area contributed by atoms with Crippen LogP contribution in [0.4, 0.5) is 0 Å². The van der Waals surface area contributed by atoms with E-state index in [1.807, 2.05) is 19.0 Å². The Balaban J connectivity index is 2.13. The number of likely N-dealkylation sites (N-methyl/N-ethyl adjacent to an activating group) is 1. The second-order valence-electron chi connectivity index (χ2n) is 6.81. The van der Waals surface area contributed by atoms with Crippen LogP contribution in [0.1, 0.15) is 17.2 Å². The van der Waals surface area contributed by atoms with Crippen molar-refractivity contribution < 1.29 is 19.4 Å². The molecule has 1 saturated heterocycles. The molecule has 0 aliphatic carbocycles. The predicted molar refractivity (Wildman–Crippen MR) is 105 cm³/mol. The van der Waals surface area contributed by atoms with Crippen LogP contribution in [0.25, 0.3) is 5.76 Å². The number of benzene rings is 1. The Morgan fingerprint density at radius 2 is 2.04 bits per heavy atom. The fourth-order valence-electron chi connectivity index (χ4n) is 3.23. The summed E-state index contributed by atoms with van der Waals surface area (Å²) >= 11 is 0. The standard InChI is InChI=1S/C21H23N3O4/c1-23(2)10-11-24-18(15-7-5-9-22-13-15)17(20(26)21(24)27)19(25)14-6-4-8-16(12-14)28-3/h4-9,12-13,18,25H,10-11H2,1-3H3/b19-17+/t18-/m0/s1. The molecule has 1 aromatic carbocycles. The van der Waals surface area contributed by atoms with Crippen LogP contribution in [0.2, 0.25) is 0 Å². The summed E-state index contributed by atoms with van der Waals surface area (Å²) < 4.78 is 5.20. The van der Waals surface area contributed by atoms with Crippen LogP contribution in [-0.4, -0.2) is 65.9 Å². The summed E-state index contributed by atoms with van der Waals surface area (Å²) in [5.41, 5.74) is 1.15. The minimum Gasteiger partial charge on any atom is -0.507 e. The number of amides is 1. The Kier molecular flexibility index (Phi) is 5.75. The molecule has 0 unspecified atom stereocenters. The zero-order chi connectivity index (χ0) is 20.3. The van der Waals surface area contributed by atoms with Gasteiger partial charge in [-0.15, -0.1) is 0 Å². The highest BCUT2D eigenvalue weighted by molar-refractivity contribution is 6.46. The summed E-state index contributed by atoms with van der Waals surface area (Å²) in [5, 5.41) is 10.9. The minimum atomic E-state index is -0.701. The number of ether oxygens (including phenoxy) is 1. The van der Waals surface area contributed by atoms with Crippen LogP contribution in [-0.2, 0) is 9.59 Å². The molecule has 146 valence electrons. The first-order valence-electron chi connectivity index (χ1n) is 8.91. The van der Waals surface area contributed by atoms with Crippen molar-refractivity contribution in [3.63, 3.8) is 0 Å². The first-order chi connectivity index (χ1) is 13.4. The number of hydrogen-bond donors (Lipinski definition) is 1. The predicted octanol–water partition coefficient (Wildman–Crippen LogP) is 2.07. The fraction of sp³-hybridized carbons (Fsp3) is 0.286. The van der Waals surface area contributed by atoms with Gasteiger partial charge < -0.3 is 19.6 Å². The molecule has 1 aliphatic rings. The Morgan fingerprint density at radius 3 is 2.68 bits per heavy atom. The van der Waals surface area contributed by atoms with Gasteiger partial charge in [-0.2, -0.15) is 0 Å². The van der Waals surface area contributed by atoms with Crippen molar-refractivity contribution >= 4 is 17.4 Å². The number of aromatic nitrogens is 1. The summed E-state index contributed by atoms with van der Waals surface area (Å²) in [7, 11) is 5.31. The molecule has 28 heavy (non-hydrogen) atoms. The van der Waals surface area contributed by atoms with Gasteiger partial charge in [-0.3, -0.25) is 14.6 Å². The van der Waals surface area contributed by atoms with Crippen LogP contribution in [0.15, 0.2) is 54.4 Å². The number of Topliss-reactive ketones (excluding diaryl/α,β-unsaturated/α-hetero) is 1. The average Bonchev–Trinajstić information content (AvgIpc) is 2.97. The van der Waals surface area contributed by atoms with E-state index in [0.29, 0.717) is 30.0 Å². The lowest BCUT2D eigenvalue weighted by Crippen LogP contribution is -2.35. The Hall–Kier alpha value is -3.19. The van der Waals surface area contributed by atoms with Crippen molar-refractivity contribution in [2.24, 2.45) is 0 Å². The number of carbonyl (C=O) groups is 2. The first kappa shape index (κ1) is 19.6. The summed E-state index contributed by atoms with van der Waals surface area (Å²) in [5.74, 6) is -1.00. The maximum atomic E-state index is 12.8. The van der Waals surface area contributed by atoms with Crippen molar-refractivity contribution in [2.45, 2.75) is 6.04 Å². The van der Waals surface area contributed by atoms with E-state index in [1.54, 1.807) is 48.8 Å². The number of aliphatic hydroxyl groups excluding tert-OH is 1. The number of pyridine rings is 1. The molecule has 3 rings (SSSR count). The molecule has 0 radical (unpaired) electrons. The van der Waals surface area contributed by atoms with Crippen molar-refractivity contribution in [1.82, 2.24) is 14.8 Å². The van der Waals surface area contributed by atoms with Gasteiger partial charge >= 0.3 is 0 Å². The largest absolute Gasteiger partial charge is 0.507 e. The van der Waals surface area contributed by atoms with Crippen molar-refractivity contribution in [2.75, 3.05) is 34.3 Å². The molecule has 1 amide bonds. The number of ketones is 1. The van der Waals surface area contributed by atoms with E-state index in [4.69, 9.17) is 4.74 Å². The third-order valence-corrected chi connectivity index (χ3v) is 4.67. The van der Waals surface area contributed by atoms with E-state index in [9.17, 15) is 14.7 Å². The maximum absolute atomic E-state index is 12.8. The van der Waals surface area contributed by atoms with E-state index in [0.717, 1.165) is 0 Å². The molecule has 1 aliphatic heterocycles. The fourth-order valence-corrected chi connectivity index (χ4v) is 3.23. The van der Waals surface area contributed by atoms with Crippen LogP contribution in [0, 0.1) is 0 Å². The van der Waals surface area contributed by atoms with Crippen LogP contribution < -0.4 is 4.74 Å². The zero-order valence-corrected chi connectivity index (χ0v) is 16.1. The van der Waals surface area contributed by atoms with E-state index in [2.05, 4.69) is 4.98 Å². The molecule has 1 N–H and O–H groups in total. The second kappa shape index (κ2) is 8.22. The van der Waals surface area contributed by atoms with Crippen LogP contribution in [0.3, 0.4) is 0 Å². The van der Waals surface area contributed by atoms with Gasteiger partial charge in [-0.05, 0) is 37.9 Å². The number of rotatable bonds is 6. The van der Waals surface area contributed by atoms with Gasteiger partial charge in [-0.1, -0.05) is 18.2 Å². The first-order valence-corrected chi connectivity index (χ1v) is 8.91. The summed E-state index contributed by atoms with van der Waals surface area (Å²) in [6, 6.07) is 9.60. The van der Waals surface area contributed by atoms with Crippen LogP contribution in [0.5, 0.6) is 5.75 Å². The lowest BCUT2D eigenvalue weighted by Gasteiger charge is -2.26. The maximum Gasteiger partial charge on any atom is 0.295 e.